The quantitative estimate of drug-likeness (QED) is 0.374. The van der Waals surface area contributed by atoms with Crippen molar-refractivity contribution in [3.63, 3.8) is 0 Å². The normalized spacial score (nSPS) is 30.1. The Labute approximate surface area is 139 Å². The Morgan fingerprint density at radius 3 is 2.70 bits per heavy atom. The molecule has 5 nitrogen and oxygen atoms in total. The standard InChI is InChI=1S/C14H27N3O2.HI/c1-2-15-14(17-10-12-6-4-8-19-12)16-9-11-5-3-7-13(11)18;/h11-13,18H,2-10H2,1H3,(H2,15,16,17);1H. The molecule has 118 valence electrons. The van der Waals surface area contributed by atoms with Crippen LogP contribution in [0.15, 0.2) is 4.99 Å². The third-order valence-corrected chi connectivity index (χ3v) is 3.97. The van der Waals surface area contributed by atoms with Crippen molar-refractivity contribution in [2.24, 2.45) is 10.9 Å². The van der Waals surface area contributed by atoms with Crippen molar-refractivity contribution in [2.45, 2.75) is 51.2 Å². The molecule has 1 aliphatic heterocycles. The van der Waals surface area contributed by atoms with Crippen LogP contribution in [0, 0.1) is 5.92 Å². The Morgan fingerprint density at radius 2 is 2.10 bits per heavy atom. The molecule has 0 bridgehead atoms. The molecule has 1 heterocycles. The van der Waals surface area contributed by atoms with Gasteiger partial charge in [-0.3, -0.25) is 4.99 Å². The number of aliphatic hydroxyl groups is 1. The minimum atomic E-state index is -0.162. The summed E-state index contributed by atoms with van der Waals surface area (Å²) in [6.45, 7) is 5.33. The molecule has 0 aromatic rings. The molecule has 1 aliphatic carbocycles. The number of aliphatic hydroxyl groups excluding tert-OH is 1. The smallest absolute Gasteiger partial charge is 0.191 e. The second-order valence-corrected chi connectivity index (χ2v) is 5.49. The Hall–Kier alpha value is -0.0800. The highest BCUT2D eigenvalue weighted by molar-refractivity contribution is 14.0. The Balaban J connectivity index is 0.00000200. The topological polar surface area (TPSA) is 65.9 Å². The molecule has 1 saturated carbocycles. The van der Waals surface area contributed by atoms with Gasteiger partial charge in [-0.15, -0.1) is 24.0 Å². The largest absolute Gasteiger partial charge is 0.393 e. The summed E-state index contributed by atoms with van der Waals surface area (Å²) in [7, 11) is 0. The molecule has 0 amide bonds. The molecule has 0 radical (unpaired) electrons. The van der Waals surface area contributed by atoms with Crippen molar-refractivity contribution < 1.29 is 9.84 Å². The molecule has 3 unspecified atom stereocenters. The summed E-state index contributed by atoms with van der Waals surface area (Å²) >= 11 is 0. The van der Waals surface area contributed by atoms with Gasteiger partial charge in [0.2, 0.25) is 0 Å². The van der Waals surface area contributed by atoms with Gasteiger partial charge in [0, 0.05) is 32.2 Å². The maximum absolute atomic E-state index is 9.80. The van der Waals surface area contributed by atoms with Crippen LogP contribution >= 0.6 is 24.0 Å². The summed E-state index contributed by atoms with van der Waals surface area (Å²) in [5.74, 6) is 1.18. The molecule has 0 aromatic carbocycles. The van der Waals surface area contributed by atoms with Crippen molar-refractivity contribution in [3.05, 3.63) is 0 Å². The highest BCUT2D eigenvalue weighted by Gasteiger charge is 2.24. The first-order chi connectivity index (χ1) is 9.29. The zero-order valence-corrected chi connectivity index (χ0v) is 14.6. The number of nitrogens with one attached hydrogen (secondary N) is 2. The zero-order valence-electron chi connectivity index (χ0n) is 12.3. The second kappa shape index (κ2) is 9.78. The lowest BCUT2D eigenvalue weighted by atomic mass is 10.1. The SMILES string of the molecule is CCNC(=NCC1CCCC1O)NCC1CCCO1.I. The van der Waals surface area contributed by atoms with Crippen LogP contribution in [0.3, 0.4) is 0 Å². The summed E-state index contributed by atoms with van der Waals surface area (Å²) in [6.07, 6.45) is 5.60. The van der Waals surface area contributed by atoms with Gasteiger partial charge in [-0.05, 0) is 32.6 Å². The number of aliphatic imine (C=N–C) groups is 1. The molecular formula is C14H28IN3O2. The molecular weight excluding hydrogens is 369 g/mol. The Morgan fingerprint density at radius 1 is 1.25 bits per heavy atom. The fourth-order valence-electron chi connectivity index (χ4n) is 2.80. The molecule has 20 heavy (non-hydrogen) atoms. The van der Waals surface area contributed by atoms with Crippen LogP contribution < -0.4 is 10.6 Å². The van der Waals surface area contributed by atoms with Crippen LogP contribution in [-0.4, -0.2) is 49.5 Å². The molecule has 1 saturated heterocycles. The fourth-order valence-corrected chi connectivity index (χ4v) is 2.80. The predicted molar refractivity (Wildman–Crippen MR) is 91.7 cm³/mol. The minimum absolute atomic E-state index is 0. The van der Waals surface area contributed by atoms with Crippen molar-refractivity contribution in [1.82, 2.24) is 10.6 Å². The van der Waals surface area contributed by atoms with E-state index in [1.54, 1.807) is 0 Å². The lowest BCUT2D eigenvalue weighted by molar-refractivity contribution is 0.113. The van der Waals surface area contributed by atoms with Crippen LogP contribution in [0.4, 0.5) is 0 Å². The average Bonchev–Trinajstić information content (AvgIpc) is 3.04. The first kappa shape index (κ1) is 18.0. The van der Waals surface area contributed by atoms with E-state index in [0.29, 0.717) is 18.6 Å². The summed E-state index contributed by atoms with van der Waals surface area (Å²) in [4.78, 5) is 4.59. The molecule has 3 atom stereocenters. The summed E-state index contributed by atoms with van der Waals surface area (Å²) in [6, 6.07) is 0. The van der Waals surface area contributed by atoms with Crippen molar-refractivity contribution in [3.8, 4) is 0 Å². The highest BCUT2D eigenvalue weighted by atomic mass is 127. The van der Waals surface area contributed by atoms with Gasteiger partial charge in [0.25, 0.3) is 0 Å². The van der Waals surface area contributed by atoms with E-state index in [9.17, 15) is 5.11 Å². The van der Waals surface area contributed by atoms with E-state index in [0.717, 1.165) is 57.8 Å². The zero-order chi connectivity index (χ0) is 13.5. The number of halogens is 1. The predicted octanol–water partition coefficient (Wildman–Crippen LogP) is 1.50. The van der Waals surface area contributed by atoms with Gasteiger partial charge in [-0.25, -0.2) is 0 Å². The number of guanidine groups is 1. The lowest BCUT2D eigenvalue weighted by Gasteiger charge is -2.16. The van der Waals surface area contributed by atoms with Crippen LogP contribution in [0.1, 0.15) is 39.0 Å². The van der Waals surface area contributed by atoms with Crippen LogP contribution in [0.5, 0.6) is 0 Å². The third kappa shape index (κ3) is 5.73. The number of hydrogen-bond donors (Lipinski definition) is 3. The minimum Gasteiger partial charge on any atom is -0.393 e. The maximum atomic E-state index is 9.80. The number of ether oxygens (including phenoxy) is 1. The lowest BCUT2D eigenvalue weighted by Crippen LogP contribution is -2.41. The van der Waals surface area contributed by atoms with E-state index in [2.05, 4.69) is 22.5 Å². The molecule has 6 heteroatoms. The average molecular weight is 397 g/mol. The number of rotatable bonds is 5. The molecule has 3 N–H and O–H groups in total. The molecule has 0 spiro atoms. The van der Waals surface area contributed by atoms with E-state index < -0.39 is 0 Å². The summed E-state index contributed by atoms with van der Waals surface area (Å²) in [5, 5.41) is 16.4. The third-order valence-electron chi connectivity index (χ3n) is 3.97. The Bertz CT molecular complexity index is 296. The van der Waals surface area contributed by atoms with Gasteiger partial charge in [0.05, 0.1) is 12.2 Å². The molecule has 2 fully saturated rings. The maximum Gasteiger partial charge on any atom is 0.191 e. The second-order valence-electron chi connectivity index (χ2n) is 5.49. The first-order valence-corrected chi connectivity index (χ1v) is 7.61. The van der Waals surface area contributed by atoms with Crippen LogP contribution in [-0.2, 0) is 4.74 Å². The first-order valence-electron chi connectivity index (χ1n) is 7.61. The van der Waals surface area contributed by atoms with Gasteiger partial charge in [-0.2, -0.15) is 0 Å². The molecule has 0 aromatic heterocycles. The highest BCUT2D eigenvalue weighted by Crippen LogP contribution is 2.25. The monoisotopic (exact) mass is 397 g/mol. The summed E-state index contributed by atoms with van der Waals surface area (Å²) in [5.41, 5.74) is 0. The van der Waals surface area contributed by atoms with E-state index >= 15 is 0 Å². The summed E-state index contributed by atoms with van der Waals surface area (Å²) < 4.78 is 5.59. The molecule has 2 aliphatic rings. The van der Waals surface area contributed by atoms with E-state index in [4.69, 9.17) is 4.74 Å². The van der Waals surface area contributed by atoms with Crippen molar-refractivity contribution >= 4 is 29.9 Å². The Kier molecular flexibility index (Phi) is 8.79. The van der Waals surface area contributed by atoms with Crippen LogP contribution in [0.25, 0.3) is 0 Å². The van der Waals surface area contributed by atoms with E-state index in [1.165, 1.54) is 0 Å². The van der Waals surface area contributed by atoms with Crippen molar-refractivity contribution in [1.29, 1.82) is 0 Å². The van der Waals surface area contributed by atoms with Gasteiger partial charge in [-0.1, -0.05) is 6.42 Å². The van der Waals surface area contributed by atoms with Crippen LogP contribution in [0.2, 0.25) is 0 Å². The number of nitrogens with zero attached hydrogens (tertiary/aromatic N) is 1. The molecule has 2 rings (SSSR count). The van der Waals surface area contributed by atoms with Gasteiger partial charge in [0.1, 0.15) is 0 Å². The van der Waals surface area contributed by atoms with Gasteiger partial charge in [0.15, 0.2) is 5.96 Å². The number of hydrogen-bond acceptors (Lipinski definition) is 3. The fraction of sp³-hybridized carbons (Fsp3) is 0.929. The van der Waals surface area contributed by atoms with E-state index in [-0.39, 0.29) is 30.1 Å². The van der Waals surface area contributed by atoms with Crippen molar-refractivity contribution in [2.75, 3.05) is 26.2 Å². The van der Waals surface area contributed by atoms with Gasteiger partial charge < -0.3 is 20.5 Å². The van der Waals surface area contributed by atoms with Gasteiger partial charge >= 0.3 is 0 Å². The van der Waals surface area contributed by atoms with E-state index in [1.807, 2.05) is 0 Å².